The van der Waals surface area contributed by atoms with E-state index in [1.807, 2.05) is 24.3 Å². The van der Waals surface area contributed by atoms with E-state index in [1.54, 1.807) is 7.11 Å². The molecule has 27 heavy (non-hydrogen) atoms. The minimum Gasteiger partial charge on any atom is -0.493 e. The van der Waals surface area contributed by atoms with E-state index in [0.29, 0.717) is 0 Å². The SMILES string of the molecule is COc1cccc2c1OC1(CCCCC1)N1N=C(c3ccc(Cl)cc3)CC21. The normalized spacial score (nSPS) is 22.7. The zero-order valence-corrected chi connectivity index (χ0v) is 16.2. The predicted molar refractivity (Wildman–Crippen MR) is 107 cm³/mol. The molecular formula is C22H23ClN2O2. The number of hydrogen-bond acceptors (Lipinski definition) is 4. The van der Waals surface area contributed by atoms with Crippen LogP contribution in [0.5, 0.6) is 11.5 Å². The van der Waals surface area contributed by atoms with E-state index in [2.05, 4.69) is 23.2 Å². The van der Waals surface area contributed by atoms with Crippen molar-refractivity contribution >= 4 is 17.3 Å². The molecule has 1 spiro atoms. The van der Waals surface area contributed by atoms with E-state index in [0.717, 1.165) is 47.1 Å². The molecule has 0 N–H and O–H groups in total. The number of fused-ring (bicyclic) bond motifs is 4. The summed E-state index contributed by atoms with van der Waals surface area (Å²) in [6.07, 6.45) is 6.46. The van der Waals surface area contributed by atoms with Crippen LogP contribution >= 0.6 is 11.6 Å². The van der Waals surface area contributed by atoms with Gasteiger partial charge in [-0.25, -0.2) is 5.01 Å². The quantitative estimate of drug-likeness (QED) is 0.682. The summed E-state index contributed by atoms with van der Waals surface area (Å²) in [6, 6.07) is 14.3. The fourth-order valence-electron chi connectivity index (χ4n) is 4.68. The third-order valence-electron chi connectivity index (χ3n) is 6.02. The Labute approximate surface area is 164 Å². The second kappa shape index (κ2) is 6.45. The first-order valence-electron chi connectivity index (χ1n) is 9.69. The third-order valence-corrected chi connectivity index (χ3v) is 6.27. The Morgan fingerprint density at radius 2 is 1.89 bits per heavy atom. The minimum atomic E-state index is -0.362. The summed E-state index contributed by atoms with van der Waals surface area (Å²) in [4.78, 5) is 0. The van der Waals surface area contributed by atoms with Gasteiger partial charge in [-0.2, -0.15) is 5.10 Å². The Morgan fingerprint density at radius 3 is 2.63 bits per heavy atom. The minimum absolute atomic E-state index is 0.188. The van der Waals surface area contributed by atoms with Crippen molar-refractivity contribution in [3.05, 3.63) is 58.6 Å². The van der Waals surface area contributed by atoms with Crippen molar-refractivity contribution in [2.75, 3.05) is 7.11 Å². The van der Waals surface area contributed by atoms with Crippen molar-refractivity contribution in [1.29, 1.82) is 0 Å². The fourth-order valence-corrected chi connectivity index (χ4v) is 4.81. The van der Waals surface area contributed by atoms with Gasteiger partial charge in [0.05, 0.1) is 18.9 Å². The van der Waals surface area contributed by atoms with Crippen LogP contribution in [0.1, 0.15) is 55.7 Å². The van der Waals surface area contributed by atoms with Gasteiger partial charge in [-0.1, -0.05) is 42.3 Å². The number of benzene rings is 2. The zero-order valence-electron chi connectivity index (χ0n) is 15.5. The molecule has 1 aliphatic carbocycles. The smallest absolute Gasteiger partial charge is 0.198 e. The van der Waals surface area contributed by atoms with Crippen LogP contribution in [-0.2, 0) is 0 Å². The molecule has 1 atom stereocenters. The van der Waals surface area contributed by atoms with E-state index in [1.165, 1.54) is 24.8 Å². The highest BCUT2D eigenvalue weighted by atomic mass is 35.5. The molecule has 2 heterocycles. The number of hydrogen-bond donors (Lipinski definition) is 0. The summed E-state index contributed by atoms with van der Waals surface area (Å²) < 4.78 is 12.3. The van der Waals surface area contributed by atoms with Crippen LogP contribution in [0, 0.1) is 0 Å². The highest BCUT2D eigenvalue weighted by Crippen LogP contribution is 2.53. The second-order valence-electron chi connectivity index (χ2n) is 7.61. The first-order valence-corrected chi connectivity index (χ1v) is 10.1. The van der Waals surface area contributed by atoms with E-state index in [9.17, 15) is 0 Å². The lowest BCUT2D eigenvalue weighted by molar-refractivity contribution is -0.141. The largest absolute Gasteiger partial charge is 0.493 e. The number of methoxy groups -OCH3 is 1. The number of para-hydroxylation sites is 1. The molecule has 2 aromatic rings. The van der Waals surface area contributed by atoms with E-state index < -0.39 is 0 Å². The van der Waals surface area contributed by atoms with Crippen molar-refractivity contribution in [1.82, 2.24) is 5.01 Å². The summed E-state index contributed by atoms with van der Waals surface area (Å²) in [6.45, 7) is 0. The van der Waals surface area contributed by atoms with Gasteiger partial charge in [0.2, 0.25) is 0 Å². The molecule has 4 nitrogen and oxygen atoms in total. The number of ether oxygens (including phenoxy) is 2. The third kappa shape index (κ3) is 2.69. The number of halogens is 1. The first kappa shape index (κ1) is 16.9. The zero-order chi connectivity index (χ0) is 18.4. The van der Waals surface area contributed by atoms with Crippen molar-refractivity contribution in [2.24, 2.45) is 5.10 Å². The van der Waals surface area contributed by atoms with Gasteiger partial charge in [-0.15, -0.1) is 0 Å². The van der Waals surface area contributed by atoms with Crippen LogP contribution in [0.2, 0.25) is 5.02 Å². The maximum atomic E-state index is 6.67. The van der Waals surface area contributed by atoms with Crippen molar-refractivity contribution < 1.29 is 9.47 Å². The molecule has 0 radical (unpaired) electrons. The fraction of sp³-hybridized carbons (Fsp3) is 0.409. The Morgan fingerprint density at radius 1 is 1.11 bits per heavy atom. The summed E-state index contributed by atoms with van der Waals surface area (Å²) in [7, 11) is 1.71. The standard InChI is InChI=1S/C22H23ClN2O2/c1-26-20-7-5-6-17-19-14-18(15-8-10-16(23)11-9-15)24-25(19)22(27-21(17)20)12-3-2-4-13-22/h5-11,19H,2-4,12-14H2,1H3. The molecule has 0 saturated heterocycles. The molecule has 1 fully saturated rings. The molecule has 1 unspecified atom stereocenters. The Balaban J connectivity index is 1.61. The van der Waals surface area contributed by atoms with Crippen LogP contribution in [0.4, 0.5) is 0 Å². The first-order chi connectivity index (χ1) is 13.2. The highest BCUT2D eigenvalue weighted by Gasteiger charge is 2.51. The topological polar surface area (TPSA) is 34.1 Å². The molecule has 0 amide bonds. The van der Waals surface area contributed by atoms with Crippen LogP contribution in [0.15, 0.2) is 47.6 Å². The van der Waals surface area contributed by atoms with Gasteiger partial charge in [-0.3, -0.25) is 0 Å². The predicted octanol–water partition coefficient (Wildman–Crippen LogP) is 5.55. The average Bonchev–Trinajstić information content (AvgIpc) is 3.16. The average molecular weight is 383 g/mol. The number of nitrogens with zero attached hydrogens (tertiary/aromatic N) is 2. The van der Waals surface area contributed by atoms with Gasteiger partial charge in [0.25, 0.3) is 0 Å². The van der Waals surface area contributed by atoms with Crippen molar-refractivity contribution in [2.45, 2.75) is 50.3 Å². The van der Waals surface area contributed by atoms with Crippen LogP contribution in [0.3, 0.4) is 0 Å². The molecular weight excluding hydrogens is 360 g/mol. The second-order valence-corrected chi connectivity index (χ2v) is 8.04. The Hall–Kier alpha value is -2.20. The van der Waals surface area contributed by atoms with Gasteiger partial charge >= 0.3 is 0 Å². The summed E-state index contributed by atoms with van der Waals surface area (Å²) in [5.41, 5.74) is 3.03. The van der Waals surface area contributed by atoms with Crippen molar-refractivity contribution in [3.63, 3.8) is 0 Å². The monoisotopic (exact) mass is 382 g/mol. The van der Waals surface area contributed by atoms with E-state index >= 15 is 0 Å². The summed E-state index contributed by atoms with van der Waals surface area (Å²) >= 11 is 6.07. The molecule has 3 aliphatic rings. The maximum absolute atomic E-state index is 6.67. The lowest BCUT2D eigenvalue weighted by Crippen LogP contribution is -2.54. The van der Waals surface area contributed by atoms with Crippen LogP contribution in [0.25, 0.3) is 0 Å². The molecule has 140 valence electrons. The van der Waals surface area contributed by atoms with Crippen LogP contribution < -0.4 is 9.47 Å². The van der Waals surface area contributed by atoms with E-state index in [-0.39, 0.29) is 11.8 Å². The van der Waals surface area contributed by atoms with Gasteiger partial charge in [0.15, 0.2) is 17.2 Å². The highest BCUT2D eigenvalue weighted by molar-refractivity contribution is 6.30. The lowest BCUT2D eigenvalue weighted by Gasteiger charge is -2.49. The molecule has 0 aromatic heterocycles. The molecule has 5 heteroatoms. The molecule has 1 saturated carbocycles. The van der Waals surface area contributed by atoms with Gasteiger partial charge in [-0.05, 0) is 36.6 Å². The molecule has 2 aromatic carbocycles. The Bertz CT molecular complexity index is 888. The number of hydrazone groups is 1. The lowest BCUT2D eigenvalue weighted by atomic mass is 9.86. The summed E-state index contributed by atoms with van der Waals surface area (Å²) in [5.74, 6) is 1.72. The number of rotatable bonds is 2. The molecule has 0 bridgehead atoms. The molecule has 2 aliphatic heterocycles. The van der Waals surface area contributed by atoms with Crippen molar-refractivity contribution in [3.8, 4) is 11.5 Å². The maximum Gasteiger partial charge on any atom is 0.198 e. The van der Waals surface area contributed by atoms with Crippen LogP contribution in [-0.4, -0.2) is 23.6 Å². The van der Waals surface area contributed by atoms with Gasteiger partial charge in [0, 0.05) is 29.8 Å². The Kier molecular flexibility index (Phi) is 4.05. The molecule has 5 rings (SSSR count). The van der Waals surface area contributed by atoms with Gasteiger partial charge in [0.1, 0.15) is 0 Å². The summed E-state index contributed by atoms with van der Waals surface area (Å²) in [5, 5.41) is 8.08. The van der Waals surface area contributed by atoms with E-state index in [4.69, 9.17) is 26.2 Å². The van der Waals surface area contributed by atoms with Gasteiger partial charge < -0.3 is 9.47 Å².